The SMILES string of the molecule is CC(C)(OC(=O)OCc1ccccc1)[S+](N)[O-]. The predicted molar refractivity (Wildman–Crippen MR) is 64.1 cm³/mol. The fraction of sp³-hybridized carbons (Fsp3) is 0.364. The van der Waals surface area contributed by atoms with E-state index in [2.05, 4.69) is 0 Å². The van der Waals surface area contributed by atoms with E-state index in [1.807, 2.05) is 30.3 Å². The smallest absolute Gasteiger partial charge is 0.512 e. The molecule has 1 aromatic carbocycles. The zero-order valence-corrected chi connectivity index (χ0v) is 10.5. The van der Waals surface area contributed by atoms with Crippen molar-refractivity contribution in [3.05, 3.63) is 35.9 Å². The van der Waals surface area contributed by atoms with Gasteiger partial charge in [-0.3, -0.25) is 0 Å². The molecule has 0 aliphatic heterocycles. The lowest BCUT2D eigenvalue weighted by molar-refractivity contribution is 0.0144. The third kappa shape index (κ3) is 4.64. The lowest BCUT2D eigenvalue weighted by Gasteiger charge is -2.23. The van der Waals surface area contributed by atoms with Crippen LogP contribution in [0.4, 0.5) is 4.79 Å². The van der Waals surface area contributed by atoms with Gasteiger partial charge in [0.2, 0.25) is 0 Å². The maximum absolute atomic E-state index is 11.3. The molecular formula is C11H15NO4S. The molecule has 0 aliphatic rings. The van der Waals surface area contributed by atoms with E-state index in [4.69, 9.17) is 14.6 Å². The maximum atomic E-state index is 11.3. The summed E-state index contributed by atoms with van der Waals surface area (Å²) in [7, 11) is 0. The Morgan fingerprint density at radius 1 is 1.41 bits per heavy atom. The zero-order valence-electron chi connectivity index (χ0n) is 9.71. The summed E-state index contributed by atoms with van der Waals surface area (Å²) in [4.78, 5) is 10.0. The van der Waals surface area contributed by atoms with Crippen molar-refractivity contribution in [3.8, 4) is 0 Å². The Morgan fingerprint density at radius 2 is 2.00 bits per heavy atom. The van der Waals surface area contributed by atoms with E-state index in [1.165, 1.54) is 13.8 Å². The molecule has 5 nitrogen and oxygen atoms in total. The molecule has 6 heteroatoms. The van der Waals surface area contributed by atoms with Crippen molar-refractivity contribution in [1.29, 1.82) is 0 Å². The molecule has 0 heterocycles. The van der Waals surface area contributed by atoms with Crippen LogP contribution in [0.25, 0.3) is 0 Å². The summed E-state index contributed by atoms with van der Waals surface area (Å²) in [5, 5.41) is 5.17. The first-order chi connectivity index (χ1) is 7.92. The average molecular weight is 257 g/mol. The van der Waals surface area contributed by atoms with Gasteiger partial charge in [0, 0.05) is 13.8 Å². The Morgan fingerprint density at radius 3 is 2.53 bits per heavy atom. The molecule has 0 aromatic heterocycles. The Balaban J connectivity index is 2.41. The molecule has 17 heavy (non-hydrogen) atoms. The summed E-state index contributed by atoms with van der Waals surface area (Å²) in [6.45, 7) is 3.01. The lowest BCUT2D eigenvalue weighted by Crippen LogP contribution is -2.42. The van der Waals surface area contributed by atoms with E-state index in [0.29, 0.717) is 0 Å². The fourth-order valence-electron chi connectivity index (χ4n) is 0.988. The summed E-state index contributed by atoms with van der Waals surface area (Å²) < 4.78 is 20.7. The number of nitrogens with two attached hydrogens (primary N) is 1. The highest BCUT2D eigenvalue weighted by Crippen LogP contribution is 2.16. The van der Waals surface area contributed by atoms with Gasteiger partial charge in [0.05, 0.1) is 11.4 Å². The lowest BCUT2D eigenvalue weighted by atomic mass is 10.2. The van der Waals surface area contributed by atoms with Gasteiger partial charge in [0.15, 0.2) is 0 Å². The summed E-state index contributed by atoms with van der Waals surface area (Å²) >= 11 is -1.77. The molecular weight excluding hydrogens is 242 g/mol. The van der Waals surface area contributed by atoms with E-state index < -0.39 is 22.5 Å². The molecule has 0 saturated carbocycles. The number of benzene rings is 1. The molecule has 0 amide bonds. The van der Waals surface area contributed by atoms with E-state index in [-0.39, 0.29) is 6.61 Å². The maximum Gasteiger partial charge on any atom is 0.512 e. The number of hydrogen-bond donors (Lipinski definition) is 1. The van der Waals surface area contributed by atoms with Crippen LogP contribution < -0.4 is 5.14 Å². The van der Waals surface area contributed by atoms with Gasteiger partial charge in [0.25, 0.3) is 4.93 Å². The van der Waals surface area contributed by atoms with Crippen LogP contribution in [0, 0.1) is 0 Å². The second-order valence-corrected chi connectivity index (χ2v) is 5.40. The van der Waals surface area contributed by atoms with Gasteiger partial charge in [-0.1, -0.05) is 30.3 Å². The van der Waals surface area contributed by atoms with Crippen LogP contribution in [0.5, 0.6) is 0 Å². The van der Waals surface area contributed by atoms with Crippen molar-refractivity contribution in [1.82, 2.24) is 0 Å². The molecule has 0 bridgehead atoms. The summed E-state index contributed by atoms with van der Waals surface area (Å²) in [6.07, 6.45) is -0.891. The van der Waals surface area contributed by atoms with Crippen LogP contribution in [0.2, 0.25) is 0 Å². The number of hydrogen-bond acceptors (Lipinski definition) is 5. The van der Waals surface area contributed by atoms with Crippen LogP contribution in [0.15, 0.2) is 30.3 Å². The molecule has 1 atom stereocenters. The monoisotopic (exact) mass is 257 g/mol. The van der Waals surface area contributed by atoms with Crippen molar-refractivity contribution < 1.29 is 18.8 Å². The molecule has 0 spiro atoms. The second kappa shape index (κ2) is 5.90. The van der Waals surface area contributed by atoms with Gasteiger partial charge in [-0.05, 0) is 5.56 Å². The van der Waals surface area contributed by atoms with Crippen LogP contribution in [0.3, 0.4) is 0 Å². The van der Waals surface area contributed by atoms with Crippen molar-refractivity contribution >= 4 is 17.5 Å². The second-order valence-electron chi connectivity index (χ2n) is 3.82. The van der Waals surface area contributed by atoms with Gasteiger partial charge >= 0.3 is 6.16 Å². The van der Waals surface area contributed by atoms with Crippen LogP contribution in [0.1, 0.15) is 19.4 Å². The Hall–Kier alpha value is -1.24. The minimum absolute atomic E-state index is 0.104. The van der Waals surface area contributed by atoms with Gasteiger partial charge < -0.3 is 14.0 Å². The van der Waals surface area contributed by atoms with Crippen molar-refractivity contribution in [2.75, 3.05) is 0 Å². The van der Waals surface area contributed by atoms with E-state index in [9.17, 15) is 9.35 Å². The molecule has 0 saturated heterocycles. The molecule has 1 unspecified atom stereocenters. The Labute approximate surface area is 103 Å². The van der Waals surface area contributed by atoms with Gasteiger partial charge in [-0.15, -0.1) is 5.14 Å². The quantitative estimate of drug-likeness (QED) is 0.655. The fourth-order valence-corrected chi connectivity index (χ4v) is 1.14. The van der Waals surface area contributed by atoms with Crippen LogP contribution in [-0.4, -0.2) is 15.6 Å². The zero-order chi connectivity index (χ0) is 12.9. The van der Waals surface area contributed by atoms with Crippen molar-refractivity contribution in [3.63, 3.8) is 0 Å². The molecule has 94 valence electrons. The van der Waals surface area contributed by atoms with Gasteiger partial charge in [-0.2, -0.15) is 0 Å². The molecule has 0 radical (unpaired) electrons. The molecule has 1 rings (SSSR count). The summed E-state index contributed by atoms with van der Waals surface area (Å²) in [5.41, 5.74) is 0.844. The van der Waals surface area contributed by atoms with Gasteiger partial charge in [0.1, 0.15) is 6.61 Å². The van der Waals surface area contributed by atoms with E-state index in [1.54, 1.807) is 0 Å². The van der Waals surface area contributed by atoms with E-state index in [0.717, 1.165) is 5.56 Å². The Bertz CT molecular complexity index is 367. The Kier molecular flexibility index (Phi) is 4.80. The minimum Gasteiger partial charge on any atom is -0.595 e. The molecule has 1 aromatic rings. The first kappa shape index (κ1) is 13.8. The summed E-state index contributed by atoms with van der Waals surface area (Å²) in [5.74, 6) is 0. The highest BCUT2D eigenvalue weighted by Gasteiger charge is 2.35. The predicted octanol–water partition coefficient (Wildman–Crippen LogP) is 1.70. The standard InChI is InChI=1S/C11H15NO4S/c1-11(2,17(12)14)16-10(13)15-8-9-6-4-3-5-7-9/h3-7H,8,12H2,1-2H3. The molecule has 2 N–H and O–H groups in total. The molecule has 0 aliphatic carbocycles. The van der Waals surface area contributed by atoms with E-state index >= 15 is 0 Å². The molecule has 0 fully saturated rings. The highest BCUT2D eigenvalue weighted by atomic mass is 32.2. The first-order valence-corrected chi connectivity index (χ1v) is 6.19. The third-order valence-corrected chi connectivity index (χ3v) is 3.07. The van der Waals surface area contributed by atoms with Crippen molar-refractivity contribution in [2.45, 2.75) is 25.4 Å². The van der Waals surface area contributed by atoms with Crippen LogP contribution >= 0.6 is 0 Å². The normalized spacial score (nSPS) is 12.9. The number of rotatable bonds is 4. The largest absolute Gasteiger partial charge is 0.595 e. The first-order valence-electron chi connectivity index (χ1n) is 4.98. The number of carbonyl (C=O) groups excluding carboxylic acids is 1. The van der Waals surface area contributed by atoms with Gasteiger partial charge in [-0.25, -0.2) is 4.79 Å². The number of ether oxygens (including phenoxy) is 2. The highest BCUT2D eigenvalue weighted by molar-refractivity contribution is 7.90. The van der Waals surface area contributed by atoms with Crippen LogP contribution in [-0.2, 0) is 27.4 Å². The topological polar surface area (TPSA) is 84.6 Å². The minimum atomic E-state index is -1.77. The number of carbonyl (C=O) groups is 1. The summed E-state index contributed by atoms with van der Waals surface area (Å²) in [6, 6.07) is 9.17. The average Bonchev–Trinajstić information content (AvgIpc) is 2.27. The van der Waals surface area contributed by atoms with Crippen molar-refractivity contribution in [2.24, 2.45) is 5.14 Å². The third-order valence-electron chi connectivity index (χ3n) is 2.01.